The van der Waals surface area contributed by atoms with Gasteiger partial charge in [0.1, 0.15) is 0 Å². The zero-order valence-corrected chi connectivity index (χ0v) is 25.8. The molecular formula is C31H64O8. The zero-order valence-electron chi connectivity index (χ0n) is 25.8. The Bertz CT molecular complexity index is 378. The lowest BCUT2D eigenvalue weighted by Gasteiger charge is -2.08. The Morgan fingerprint density at radius 3 is 0.744 bits per heavy atom. The fourth-order valence-electron chi connectivity index (χ4n) is 3.91. The number of hydrogen-bond acceptors (Lipinski definition) is 8. The molecule has 0 N–H and O–H groups in total. The highest BCUT2D eigenvalue weighted by Gasteiger charge is 1.96. The van der Waals surface area contributed by atoms with Crippen LogP contribution in [0.1, 0.15) is 97.3 Å². The maximum atomic E-state index is 5.66. The summed E-state index contributed by atoms with van der Waals surface area (Å²) in [6.45, 7) is 14.0. The minimum Gasteiger partial charge on any atom is -0.379 e. The molecule has 236 valence electrons. The fraction of sp³-hybridized carbons (Fsp3) is 1.00. The summed E-state index contributed by atoms with van der Waals surface area (Å²) in [7, 11) is 0. The summed E-state index contributed by atoms with van der Waals surface area (Å²) in [4.78, 5) is 0. The van der Waals surface area contributed by atoms with Gasteiger partial charge in [-0.25, -0.2) is 0 Å². The van der Waals surface area contributed by atoms with E-state index < -0.39 is 0 Å². The predicted molar refractivity (Wildman–Crippen MR) is 158 cm³/mol. The molecule has 0 rings (SSSR count). The molecule has 0 aromatic heterocycles. The summed E-state index contributed by atoms with van der Waals surface area (Å²) in [6.07, 6.45) is 17.9. The normalized spacial score (nSPS) is 11.5. The lowest BCUT2D eigenvalue weighted by atomic mass is 10.0. The van der Waals surface area contributed by atoms with E-state index >= 15 is 0 Å². The molecule has 0 aromatic rings. The summed E-state index contributed by atoms with van der Waals surface area (Å²) in [5, 5.41) is 0. The van der Waals surface area contributed by atoms with Crippen LogP contribution < -0.4 is 0 Å². The van der Waals surface area contributed by atoms with Crippen LogP contribution >= 0.6 is 0 Å². The Labute approximate surface area is 241 Å². The van der Waals surface area contributed by atoms with Crippen molar-refractivity contribution in [1.82, 2.24) is 0 Å². The molecular weight excluding hydrogens is 500 g/mol. The molecule has 0 fully saturated rings. The van der Waals surface area contributed by atoms with Gasteiger partial charge in [-0.3, -0.25) is 0 Å². The topological polar surface area (TPSA) is 73.8 Å². The molecule has 0 saturated carbocycles. The molecule has 39 heavy (non-hydrogen) atoms. The molecule has 0 saturated heterocycles. The average molecular weight is 565 g/mol. The standard InChI is InChI=1S/C31H64O8/c1-3-5-6-7-8-9-10-11-12-13-14-15-16-17-33-20-21-35-24-25-37-28-29-39-31-30-38-27-26-36-23-22-34-19-18-32-4-2/h3-31H2,1-2H3. The number of unbranched alkanes of at least 4 members (excludes halogenated alkanes) is 12. The van der Waals surface area contributed by atoms with E-state index in [1.54, 1.807) is 0 Å². The van der Waals surface area contributed by atoms with Crippen molar-refractivity contribution >= 4 is 0 Å². The highest BCUT2D eigenvalue weighted by Crippen LogP contribution is 2.12. The molecule has 0 atom stereocenters. The first-order valence-corrected chi connectivity index (χ1v) is 16.0. The summed E-state index contributed by atoms with van der Waals surface area (Å²) >= 11 is 0. The largest absolute Gasteiger partial charge is 0.379 e. The third-order valence-corrected chi connectivity index (χ3v) is 6.20. The minimum absolute atomic E-state index is 0.552. The van der Waals surface area contributed by atoms with Crippen LogP contribution in [0.15, 0.2) is 0 Å². The van der Waals surface area contributed by atoms with Gasteiger partial charge in [0.25, 0.3) is 0 Å². The molecule has 0 aliphatic heterocycles. The van der Waals surface area contributed by atoms with E-state index in [-0.39, 0.29) is 0 Å². The maximum Gasteiger partial charge on any atom is 0.0701 e. The van der Waals surface area contributed by atoms with E-state index in [0.717, 1.165) is 19.6 Å². The first-order valence-electron chi connectivity index (χ1n) is 16.0. The Morgan fingerprint density at radius 1 is 0.231 bits per heavy atom. The SMILES string of the molecule is CCCCCCCCCCCCCCCOCCOCCOCCOCCOCCOCCOCCOCC. The summed E-state index contributed by atoms with van der Waals surface area (Å²) in [5.74, 6) is 0. The summed E-state index contributed by atoms with van der Waals surface area (Å²) in [6, 6.07) is 0. The highest BCUT2D eigenvalue weighted by molar-refractivity contribution is 4.49. The molecule has 0 aliphatic carbocycles. The molecule has 0 aromatic carbocycles. The van der Waals surface area contributed by atoms with Crippen molar-refractivity contribution in [3.8, 4) is 0 Å². The summed E-state index contributed by atoms with van der Waals surface area (Å²) in [5.41, 5.74) is 0. The van der Waals surface area contributed by atoms with Crippen LogP contribution in [0.5, 0.6) is 0 Å². The first-order chi connectivity index (χ1) is 19.4. The average Bonchev–Trinajstić information content (AvgIpc) is 2.95. The van der Waals surface area contributed by atoms with Crippen molar-refractivity contribution in [2.75, 3.05) is 106 Å². The lowest BCUT2D eigenvalue weighted by Crippen LogP contribution is -2.15. The summed E-state index contributed by atoms with van der Waals surface area (Å²) < 4.78 is 43.6. The second-order valence-electron chi connectivity index (χ2n) is 9.73. The number of rotatable bonds is 36. The minimum atomic E-state index is 0.552. The van der Waals surface area contributed by atoms with E-state index in [0.29, 0.717) is 92.5 Å². The van der Waals surface area contributed by atoms with Crippen LogP contribution in [0.3, 0.4) is 0 Å². The zero-order chi connectivity index (χ0) is 28.2. The fourth-order valence-corrected chi connectivity index (χ4v) is 3.91. The molecule has 0 aliphatic rings. The highest BCUT2D eigenvalue weighted by atomic mass is 16.6. The van der Waals surface area contributed by atoms with Gasteiger partial charge in [0.05, 0.1) is 92.5 Å². The Balaban J connectivity index is 3.01. The lowest BCUT2D eigenvalue weighted by molar-refractivity contribution is -0.0229. The molecule has 8 heteroatoms. The van der Waals surface area contributed by atoms with Crippen LogP contribution in [-0.2, 0) is 37.9 Å². The first kappa shape index (κ1) is 38.7. The Morgan fingerprint density at radius 2 is 0.462 bits per heavy atom. The van der Waals surface area contributed by atoms with Crippen LogP contribution in [0, 0.1) is 0 Å². The quantitative estimate of drug-likeness (QED) is 0.0829. The molecule has 0 radical (unpaired) electrons. The van der Waals surface area contributed by atoms with E-state index in [9.17, 15) is 0 Å². The van der Waals surface area contributed by atoms with Gasteiger partial charge in [-0.2, -0.15) is 0 Å². The van der Waals surface area contributed by atoms with Crippen molar-refractivity contribution in [2.24, 2.45) is 0 Å². The maximum absolute atomic E-state index is 5.66. The molecule has 0 heterocycles. The second-order valence-corrected chi connectivity index (χ2v) is 9.73. The number of hydrogen-bond donors (Lipinski definition) is 0. The Hall–Kier alpha value is -0.320. The van der Waals surface area contributed by atoms with Crippen molar-refractivity contribution < 1.29 is 37.9 Å². The third kappa shape index (κ3) is 37.7. The van der Waals surface area contributed by atoms with Crippen molar-refractivity contribution in [2.45, 2.75) is 97.3 Å². The van der Waals surface area contributed by atoms with Gasteiger partial charge in [-0.1, -0.05) is 84.0 Å². The van der Waals surface area contributed by atoms with Crippen molar-refractivity contribution in [3.05, 3.63) is 0 Å². The van der Waals surface area contributed by atoms with Crippen LogP contribution in [0.25, 0.3) is 0 Å². The Kier molecular flexibility index (Phi) is 37.4. The molecule has 0 spiro atoms. The monoisotopic (exact) mass is 564 g/mol. The van der Waals surface area contributed by atoms with Gasteiger partial charge < -0.3 is 37.9 Å². The van der Waals surface area contributed by atoms with Gasteiger partial charge in [0, 0.05) is 13.2 Å². The van der Waals surface area contributed by atoms with Gasteiger partial charge in [-0.15, -0.1) is 0 Å². The van der Waals surface area contributed by atoms with Crippen molar-refractivity contribution in [1.29, 1.82) is 0 Å². The van der Waals surface area contributed by atoms with Gasteiger partial charge >= 0.3 is 0 Å². The molecule has 0 unspecified atom stereocenters. The smallest absolute Gasteiger partial charge is 0.0701 e. The van der Waals surface area contributed by atoms with Gasteiger partial charge in [0.2, 0.25) is 0 Å². The van der Waals surface area contributed by atoms with E-state index in [1.807, 2.05) is 6.92 Å². The van der Waals surface area contributed by atoms with E-state index in [1.165, 1.54) is 77.0 Å². The third-order valence-electron chi connectivity index (χ3n) is 6.20. The van der Waals surface area contributed by atoms with E-state index in [4.69, 9.17) is 37.9 Å². The van der Waals surface area contributed by atoms with E-state index in [2.05, 4.69) is 6.92 Å². The van der Waals surface area contributed by atoms with Crippen LogP contribution in [0.2, 0.25) is 0 Å². The number of ether oxygens (including phenoxy) is 8. The molecule has 0 bridgehead atoms. The second kappa shape index (κ2) is 37.7. The van der Waals surface area contributed by atoms with Gasteiger partial charge in [0.15, 0.2) is 0 Å². The van der Waals surface area contributed by atoms with Crippen molar-refractivity contribution in [3.63, 3.8) is 0 Å². The molecule has 8 nitrogen and oxygen atoms in total. The van der Waals surface area contributed by atoms with Crippen LogP contribution in [0.4, 0.5) is 0 Å². The van der Waals surface area contributed by atoms with Crippen LogP contribution in [-0.4, -0.2) is 106 Å². The predicted octanol–water partition coefficient (Wildman–Crippen LogP) is 6.23. The molecule has 0 amide bonds. The van der Waals surface area contributed by atoms with Gasteiger partial charge in [-0.05, 0) is 13.3 Å².